The van der Waals surface area contributed by atoms with Gasteiger partial charge in [-0.3, -0.25) is 4.79 Å². The first-order valence-corrected chi connectivity index (χ1v) is 6.85. The van der Waals surface area contributed by atoms with Gasteiger partial charge in [0.05, 0.1) is 15.6 Å². The molecule has 2 aromatic rings. The molecule has 0 saturated carbocycles. The molecule has 0 amide bonds. The van der Waals surface area contributed by atoms with Crippen LogP contribution in [0.15, 0.2) is 23.0 Å². The number of H-pyrrole nitrogens is 1. The van der Waals surface area contributed by atoms with Crippen molar-refractivity contribution in [2.75, 3.05) is 19.0 Å². The minimum Gasteiger partial charge on any atom is -0.370 e. The standard InChI is InChI=1S/C14H18N2OS/c1-5-10-8-9(2)14(17)15-13(10)11-6-7-12(18-11)16(3)4/h6-8H,5H2,1-4H3,(H,15,17). The Kier molecular flexibility index (Phi) is 3.57. The molecule has 0 saturated heterocycles. The van der Waals surface area contributed by atoms with Crippen LogP contribution in [0.1, 0.15) is 18.1 Å². The summed E-state index contributed by atoms with van der Waals surface area (Å²) in [6.07, 6.45) is 0.919. The molecule has 18 heavy (non-hydrogen) atoms. The van der Waals surface area contributed by atoms with E-state index < -0.39 is 0 Å². The molecule has 0 aliphatic heterocycles. The highest BCUT2D eigenvalue weighted by Gasteiger charge is 2.10. The molecule has 2 aromatic heterocycles. The summed E-state index contributed by atoms with van der Waals surface area (Å²) < 4.78 is 0. The number of hydrogen-bond acceptors (Lipinski definition) is 3. The summed E-state index contributed by atoms with van der Waals surface area (Å²) in [5.74, 6) is 0. The zero-order valence-corrected chi connectivity index (χ0v) is 12.0. The lowest BCUT2D eigenvalue weighted by Crippen LogP contribution is -2.11. The van der Waals surface area contributed by atoms with Crippen molar-refractivity contribution in [2.45, 2.75) is 20.3 Å². The van der Waals surface area contributed by atoms with Crippen molar-refractivity contribution in [2.24, 2.45) is 0 Å². The lowest BCUT2D eigenvalue weighted by atomic mass is 10.1. The van der Waals surface area contributed by atoms with E-state index >= 15 is 0 Å². The van der Waals surface area contributed by atoms with Gasteiger partial charge in [-0.05, 0) is 37.1 Å². The first-order valence-electron chi connectivity index (χ1n) is 6.03. The van der Waals surface area contributed by atoms with Crippen LogP contribution in [0, 0.1) is 6.92 Å². The van der Waals surface area contributed by atoms with Crippen molar-refractivity contribution >= 4 is 16.3 Å². The topological polar surface area (TPSA) is 36.1 Å². The predicted octanol–water partition coefficient (Wildman–Crippen LogP) is 3.04. The number of pyridine rings is 1. The highest BCUT2D eigenvalue weighted by Crippen LogP contribution is 2.33. The Labute approximate surface area is 111 Å². The van der Waals surface area contributed by atoms with Crippen molar-refractivity contribution in [3.8, 4) is 10.6 Å². The summed E-state index contributed by atoms with van der Waals surface area (Å²) >= 11 is 1.69. The van der Waals surface area contributed by atoms with Crippen LogP contribution >= 0.6 is 11.3 Å². The first-order chi connectivity index (χ1) is 8.52. The number of anilines is 1. The van der Waals surface area contributed by atoms with E-state index in [-0.39, 0.29) is 5.56 Å². The summed E-state index contributed by atoms with van der Waals surface area (Å²) in [5.41, 5.74) is 2.94. The van der Waals surface area contributed by atoms with Gasteiger partial charge in [-0.1, -0.05) is 6.92 Å². The first kappa shape index (κ1) is 12.9. The second-order valence-corrected chi connectivity index (χ2v) is 5.63. The second kappa shape index (κ2) is 4.98. The molecule has 0 radical (unpaired) electrons. The van der Waals surface area contributed by atoms with Gasteiger partial charge >= 0.3 is 0 Å². The fourth-order valence-electron chi connectivity index (χ4n) is 1.89. The Morgan fingerprint density at radius 3 is 2.61 bits per heavy atom. The number of rotatable bonds is 3. The average molecular weight is 262 g/mol. The van der Waals surface area contributed by atoms with Gasteiger partial charge in [0.15, 0.2) is 0 Å². The summed E-state index contributed by atoms with van der Waals surface area (Å²) in [6.45, 7) is 3.96. The molecule has 0 atom stereocenters. The Bertz CT molecular complexity index is 610. The molecule has 4 heteroatoms. The van der Waals surface area contributed by atoms with Crippen LogP contribution in [-0.4, -0.2) is 19.1 Å². The molecule has 96 valence electrons. The maximum Gasteiger partial charge on any atom is 0.251 e. The highest BCUT2D eigenvalue weighted by atomic mass is 32.1. The molecule has 1 N–H and O–H groups in total. The second-order valence-electron chi connectivity index (χ2n) is 4.57. The molecule has 2 rings (SSSR count). The number of aryl methyl sites for hydroxylation is 2. The number of aromatic nitrogens is 1. The van der Waals surface area contributed by atoms with Crippen molar-refractivity contribution < 1.29 is 0 Å². The molecule has 0 fully saturated rings. The minimum absolute atomic E-state index is 0.00185. The van der Waals surface area contributed by atoms with Crippen molar-refractivity contribution in [1.29, 1.82) is 0 Å². The predicted molar refractivity (Wildman–Crippen MR) is 78.8 cm³/mol. The third-order valence-corrected chi connectivity index (χ3v) is 4.24. The molecule has 0 unspecified atom stereocenters. The molecule has 0 aliphatic rings. The monoisotopic (exact) mass is 262 g/mol. The van der Waals surface area contributed by atoms with E-state index in [1.54, 1.807) is 11.3 Å². The number of nitrogens with one attached hydrogen (secondary N) is 1. The summed E-state index contributed by atoms with van der Waals surface area (Å²) in [7, 11) is 4.04. The van der Waals surface area contributed by atoms with Gasteiger partial charge < -0.3 is 9.88 Å². The van der Waals surface area contributed by atoms with Gasteiger partial charge in [0.2, 0.25) is 0 Å². The van der Waals surface area contributed by atoms with Crippen LogP contribution in [0.3, 0.4) is 0 Å². The fraction of sp³-hybridized carbons (Fsp3) is 0.357. The number of aromatic amines is 1. The maximum atomic E-state index is 11.8. The van der Waals surface area contributed by atoms with E-state index in [2.05, 4.69) is 28.9 Å². The minimum atomic E-state index is 0.00185. The third kappa shape index (κ3) is 2.34. The van der Waals surface area contributed by atoms with E-state index in [9.17, 15) is 4.79 Å². The quantitative estimate of drug-likeness (QED) is 0.923. The van der Waals surface area contributed by atoms with Gasteiger partial charge in [0.25, 0.3) is 5.56 Å². The van der Waals surface area contributed by atoms with E-state index in [4.69, 9.17) is 0 Å². The van der Waals surface area contributed by atoms with Gasteiger partial charge in [0, 0.05) is 19.7 Å². The van der Waals surface area contributed by atoms with Crippen molar-refractivity contribution in [1.82, 2.24) is 4.98 Å². The zero-order valence-electron chi connectivity index (χ0n) is 11.2. The number of hydrogen-bond donors (Lipinski definition) is 1. The molecule has 0 spiro atoms. The molecule has 0 aliphatic carbocycles. The SMILES string of the molecule is CCc1cc(C)c(=O)[nH]c1-c1ccc(N(C)C)s1. The molecular formula is C14H18N2OS. The smallest absolute Gasteiger partial charge is 0.251 e. The highest BCUT2D eigenvalue weighted by molar-refractivity contribution is 7.19. The lowest BCUT2D eigenvalue weighted by Gasteiger charge is -2.09. The van der Waals surface area contributed by atoms with Crippen LogP contribution < -0.4 is 10.5 Å². The lowest BCUT2D eigenvalue weighted by molar-refractivity contribution is 1.07. The van der Waals surface area contributed by atoms with E-state index in [1.807, 2.05) is 27.1 Å². The molecule has 0 bridgehead atoms. The Morgan fingerprint density at radius 2 is 2.06 bits per heavy atom. The van der Waals surface area contributed by atoms with E-state index in [0.717, 1.165) is 22.6 Å². The molecular weight excluding hydrogens is 244 g/mol. The summed E-state index contributed by atoms with van der Waals surface area (Å²) in [6, 6.07) is 6.14. The van der Waals surface area contributed by atoms with Gasteiger partial charge in [-0.25, -0.2) is 0 Å². The Balaban J connectivity index is 2.55. The molecule has 0 aromatic carbocycles. The summed E-state index contributed by atoms with van der Waals surface area (Å²) in [5, 5.41) is 1.19. The molecule has 2 heterocycles. The fourth-order valence-corrected chi connectivity index (χ4v) is 2.86. The maximum absolute atomic E-state index is 11.8. The van der Waals surface area contributed by atoms with Crippen LogP contribution in [0.2, 0.25) is 0 Å². The number of thiophene rings is 1. The molecule has 3 nitrogen and oxygen atoms in total. The van der Waals surface area contributed by atoms with Crippen molar-refractivity contribution in [3.63, 3.8) is 0 Å². The average Bonchev–Trinajstić information content (AvgIpc) is 2.81. The van der Waals surface area contributed by atoms with Crippen LogP contribution in [-0.2, 0) is 6.42 Å². The van der Waals surface area contributed by atoms with E-state index in [1.165, 1.54) is 10.6 Å². The van der Waals surface area contributed by atoms with Crippen LogP contribution in [0.5, 0.6) is 0 Å². The van der Waals surface area contributed by atoms with Crippen LogP contribution in [0.25, 0.3) is 10.6 Å². The third-order valence-electron chi connectivity index (χ3n) is 2.97. The zero-order chi connectivity index (χ0) is 13.3. The normalized spacial score (nSPS) is 10.7. The summed E-state index contributed by atoms with van der Waals surface area (Å²) in [4.78, 5) is 18.0. The Morgan fingerprint density at radius 1 is 1.33 bits per heavy atom. The largest absolute Gasteiger partial charge is 0.370 e. The van der Waals surface area contributed by atoms with Crippen LogP contribution in [0.4, 0.5) is 5.00 Å². The van der Waals surface area contributed by atoms with Gasteiger partial charge in [-0.2, -0.15) is 0 Å². The van der Waals surface area contributed by atoms with Gasteiger partial charge in [-0.15, -0.1) is 11.3 Å². The number of nitrogens with zero attached hydrogens (tertiary/aromatic N) is 1. The van der Waals surface area contributed by atoms with E-state index in [0.29, 0.717) is 0 Å². The Hall–Kier alpha value is -1.55. The van der Waals surface area contributed by atoms with Crippen molar-refractivity contribution in [3.05, 3.63) is 39.7 Å². The van der Waals surface area contributed by atoms with Gasteiger partial charge in [0.1, 0.15) is 0 Å².